The third-order valence-electron chi connectivity index (χ3n) is 5.99. The summed E-state index contributed by atoms with van der Waals surface area (Å²) in [6, 6.07) is 23.4. The van der Waals surface area contributed by atoms with Crippen LogP contribution >= 0.6 is 23.4 Å². The van der Waals surface area contributed by atoms with E-state index in [1.165, 1.54) is 0 Å². The highest BCUT2D eigenvalue weighted by Gasteiger charge is 2.46. The third kappa shape index (κ3) is 3.73. The lowest BCUT2D eigenvalue weighted by molar-refractivity contribution is -0.122. The molecule has 1 saturated carbocycles. The molecule has 0 radical (unpaired) electrons. The number of benzene rings is 3. The van der Waals surface area contributed by atoms with E-state index in [2.05, 4.69) is 22.4 Å². The van der Waals surface area contributed by atoms with E-state index >= 15 is 0 Å². The van der Waals surface area contributed by atoms with Gasteiger partial charge in [0.05, 0.1) is 28.0 Å². The van der Waals surface area contributed by atoms with Crippen LogP contribution in [0.5, 0.6) is 0 Å². The largest absolute Gasteiger partial charge is 0.326 e. The number of carbonyl (C=O) groups is 1. The molecule has 160 valence electrons. The van der Waals surface area contributed by atoms with Gasteiger partial charge in [-0.3, -0.25) is 4.79 Å². The number of amides is 1. The number of hydrogen-bond acceptors (Lipinski definition) is 5. The number of fused-ring (bicyclic) bond motifs is 1. The van der Waals surface area contributed by atoms with Crippen LogP contribution in [0.15, 0.2) is 71.6 Å². The van der Waals surface area contributed by atoms with Crippen molar-refractivity contribution in [2.45, 2.75) is 29.3 Å². The number of hydrogen-bond donors (Lipinski definition) is 2. The molecule has 3 N–H and O–H groups in total. The second-order valence-corrected chi connectivity index (χ2v) is 9.48. The third-order valence-corrected chi connectivity index (χ3v) is 7.45. The summed E-state index contributed by atoms with van der Waals surface area (Å²) in [5.74, 6) is 0.134. The van der Waals surface area contributed by atoms with Gasteiger partial charge in [0.15, 0.2) is 5.50 Å². The molecule has 1 amide bonds. The molecular weight excluding hydrogens is 440 g/mol. The second kappa shape index (κ2) is 8.51. The van der Waals surface area contributed by atoms with Gasteiger partial charge in [-0.1, -0.05) is 59.8 Å². The number of nitrogens with two attached hydrogens (primary N) is 1. The molecular formula is C25H21ClN4OS. The van der Waals surface area contributed by atoms with Crippen molar-refractivity contribution >= 4 is 40.6 Å². The van der Waals surface area contributed by atoms with Crippen LogP contribution in [0.25, 0.3) is 0 Å². The zero-order valence-corrected chi connectivity index (χ0v) is 18.7. The highest BCUT2D eigenvalue weighted by Crippen LogP contribution is 2.51. The first-order valence-electron chi connectivity index (χ1n) is 10.4. The quantitative estimate of drug-likeness (QED) is 0.552. The summed E-state index contributed by atoms with van der Waals surface area (Å²) in [6.45, 7) is 0.350. The topological polar surface area (TPSA) is 82.2 Å². The fourth-order valence-electron chi connectivity index (χ4n) is 4.27. The molecule has 0 spiro atoms. The number of carbonyl (C=O) groups excluding carboxylic acids is 1. The molecule has 3 atom stereocenters. The number of nitriles is 1. The van der Waals surface area contributed by atoms with Gasteiger partial charge in [-0.15, -0.1) is 0 Å². The van der Waals surface area contributed by atoms with Crippen LogP contribution in [0.1, 0.15) is 29.0 Å². The molecule has 32 heavy (non-hydrogen) atoms. The summed E-state index contributed by atoms with van der Waals surface area (Å²) >= 11 is 8.22. The standard InChI is InChI=1S/C25H21ClN4OS/c26-20-5-3-4-17(14-28)23(20)30-21-6-1-2-7-22(21)32-25(30)29-24(31)19-12-18(19)16-10-8-15(13-27)9-11-16/h1-11,18-19,25H,12,14,28H2,(H,29,31). The molecule has 3 aromatic rings. The van der Waals surface area contributed by atoms with Crippen molar-refractivity contribution in [1.82, 2.24) is 5.32 Å². The van der Waals surface area contributed by atoms with Crippen molar-refractivity contribution in [3.63, 3.8) is 0 Å². The van der Waals surface area contributed by atoms with Gasteiger partial charge in [-0.25, -0.2) is 0 Å². The number of para-hydroxylation sites is 2. The minimum atomic E-state index is -0.313. The zero-order valence-electron chi connectivity index (χ0n) is 17.2. The Morgan fingerprint density at radius 3 is 2.69 bits per heavy atom. The lowest BCUT2D eigenvalue weighted by Gasteiger charge is -2.30. The van der Waals surface area contributed by atoms with E-state index in [-0.39, 0.29) is 23.2 Å². The second-order valence-electron chi connectivity index (χ2n) is 7.95. The summed E-state index contributed by atoms with van der Waals surface area (Å²) < 4.78 is 0. The molecule has 1 fully saturated rings. The van der Waals surface area contributed by atoms with Gasteiger partial charge in [0.1, 0.15) is 0 Å². The van der Waals surface area contributed by atoms with Crippen LogP contribution < -0.4 is 16.0 Å². The number of anilines is 2. The SMILES string of the molecule is N#Cc1ccc(C2CC2C(=O)NC2Sc3ccccc3N2c2c(Cl)cccc2CN)cc1. The lowest BCUT2D eigenvalue weighted by atomic mass is 10.1. The number of nitrogens with zero attached hydrogens (tertiary/aromatic N) is 2. The number of nitrogens with one attached hydrogen (secondary N) is 1. The van der Waals surface area contributed by atoms with Crippen LogP contribution in [0, 0.1) is 17.2 Å². The van der Waals surface area contributed by atoms with Gasteiger partial charge in [0.2, 0.25) is 5.91 Å². The lowest BCUT2D eigenvalue weighted by Crippen LogP contribution is -2.42. The van der Waals surface area contributed by atoms with Crippen molar-refractivity contribution in [2.75, 3.05) is 4.90 Å². The maximum Gasteiger partial charge on any atom is 0.226 e. The molecule has 0 aromatic heterocycles. The Kier molecular flexibility index (Phi) is 5.56. The Balaban J connectivity index is 1.40. The number of halogens is 1. The molecule has 7 heteroatoms. The normalized spacial score (nSPS) is 21.0. The highest BCUT2D eigenvalue weighted by atomic mass is 35.5. The van der Waals surface area contributed by atoms with Crippen molar-refractivity contribution in [3.05, 3.63) is 88.4 Å². The molecule has 5 nitrogen and oxygen atoms in total. The fraction of sp³-hybridized carbons (Fsp3) is 0.200. The van der Waals surface area contributed by atoms with Crippen molar-refractivity contribution in [1.29, 1.82) is 5.26 Å². The molecule has 1 aliphatic heterocycles. The molecule has 1 heterocycles. The van der Waals surface area contributed by atoms with Gasteiger partial charge in [0.25, 0.3) is 0 Å². The average molecular weight is 461 g/mol. The average Bonchev–Trinajstić information content (AvgIpc) is 3.55. The van der Waals surface area contributed by atoms with Crippen LogP contribution in [0.4, 0.5) is 11.4 Å². The van der Waals surface area contributed by atoms with Crippen molar-refractivity contribution in [3.8, 4) is 6.07 Å². The number of thioether (sulfide) groups is 1. The van der Waals surface area contributed by atoms with Gasteiger partial charge in [0, 0.05) is 17.4 Å². The number of rotatable bonds is 5. The predicted molar refractivity (Wildman–Crippen MR) is 128 cm³/mol. The first kappa shape index (κ1) is 20.9. The van der Waals surface area contributed by atoms with Gasteiger partial charge < -0.3 is 16.0 Å². The molecule has 0 saturated heterocycles. The Bertz CT molecular complexity index is 1220. The van der Waals surface area contributed by atoms with E-state index in [0.717, 1.165) is 33.8 Å². The fourth-order valence-corrected chi connectivity index (χ4v) is 5.74. The summed E-state index contributed by atoms with van der Waals surface area (Å²) in [7, 11) is 0. The van der Waals surface area contributed by atoms with Gasteiger partial charge in [-0.2, -0.15) is 5.26 Å². The molecule has 0 bridgehead atoms. The molecule has 3 unspecified atom stereocenters. The van der Waals surface area contributed by atoms with Gasteiger partial charge >= 0.3 is 0 Å². The van der Waals surface area contributed by atoms with E-state index in [9.17, 15) is 4.79 Å². The maximum atomic E-state index is 13.2. The first-order chi connectivity index (χ1) is 15.6. The maximum absolute atomic E-state index is 13.2. The molecule has 1 aliphatic carbocycles. The summed E-state index contributed by atoms with van der Waals surface area (Å²) in [4.78, 5) is 16.3. The monoisotopic (exact) mass is 460 g/mol. The minimum absolute atomic E-state index is 0.0241. The Morgan fingerprint density at radius 2 is 1.94 bits per heavy atom. The summed E-state index contributed by atoms with van der Waals surface area (Å²) in [6.07, 6.45) is 0.808. The van der Waals surface area contributed by atoms with Crippen LogP contribution in [-0.4, -0.2) is 11.4 Å². The highest BCUT2D eigenvalue weighted by molar-refractivity contribution is 8.00. The Hall–Kier alpha value is -2.98. The molecule has 2 aliphatic rings. The van der Waals surface area contributed by atoms with E-state index in [1.807, 2.05) is 48.5 Å². The smallest absolute Gasteiger partial charge is 0.226 e. The van der Waals surface area contributed by atoms with Crippen LogP contribution in [0.2, 0.25) is 5.02 Å². The minimum Gasteiger partial charge on any atom is -0.326 e. The summed E-state index contributed by atoms with van der Waals surface area (Å²) in [5.41, 5.74) is 10.2. The van der Waals surface area contributed by atoms with E-state index < -0.39 is 0 Å². The van der Waals surface area contributed by atoms with Crippen molar-refractivity contribution < 1.29 is 4.79 Å². The molecule has 3 aromatic carbocycles. The van der Waals surface area contributed by atoms with Crippen LogP contribution in [-0.2, 0) is 11.3 Å². The van der Waals surface area contributed by atoms with E-state index in [1.54, 1.807) is 23.9 Å². The van der Waals surface area contributed by atoms with Crippen molar-refractivity contribution in [2.24, 2.45) is 11.7 Å². The predicted octanol–water partition coefficient (Wildman–Crippen LogP) is 5.12. The van der Waals surface area contributed by atoms with Crippen LogP contribution in [0.3, 0.4) is 0 Å². The Morgan fingerprint density at radius 1 is 1.16 bits per heavy atom. The molecule has 5 rings (SSSR count). The zero-order chi connectivity index (χ0) is 22.2. The summed E-state index contributed by atoms with van der Waals surface area (Å²) in [5, 5.41) is 12.8. The van der Waals surface area contributed by atoms with E-state index in [4.69, 9.17) is 22.6 Å². The van der Waals surface area contributed by atoms with Gasteiger partial charge in [-0.05, 0) is 53.8 Å². The first-order valence-corrected chi connectivity index (χ1v) is 11.7. The Labute approximate surface area is 196 Å². The van der Waals surface area contributed by atoms with E-state index in [0.29, 0.717) is 17.1 Å².